The highest BCUT2D eigenvalue weighted by molar-refractivity contribution is 6.14. The van der Waals surface area contributed by atoms with Crippen molar-refractivity contribution in [2.24, 2.45) is 4.99 Å². The molecule has 0 atom stereocenters. The van der Waals surface area contributed by atoms with E-state index in [4.69, 9.17) is 4.74 Å². The number of carbonyl (C=O) groups excluding carboxylic acids is 1. The van der Waals surface area contributed by atoms with E-state index in [0.29, 0.717) is 12.3 Å². The fourth-order valence-corrected chi connectivity index (χ4v) is 1.55. The van der Waals surface area contributed by atoms with Crippen LogP contribution in [-0.2, 0) is 4.79 Å². The lowest BCUT2D eigenvalue weighted by atomic mass is 10.2. The van der Waals surface area contributed by atoms with Gasteiger partial charge in [0, 0.05) is 6.21 Å². The second-order valence-electron chi connectivity index (χ2n) is 3.73. The molecule has 0 saturated heterocycles. The molecule has 0 bridgehead atoms. The van der Waals surface area contributed by atoms with Crippen LogP contribution in [0.15, 0.2) is 40.6 Å². The molecule has 5 heteroatoms. The van der Waals surface area contributed by atoms with Gasteiger partial charge in [-0.2, -0.15) is 0 Å². The standard InChI is InChI=1S/C13H14N2O3/c1-2-18-10-5-3-9(4-6-10)14-7-11-12(16)8-15-13(11)17/h3-7,16H,2,8H2,1H3,(H,15,17). The van der Waals surface area contributed by atoms with Crippen molar-refractivity contribution in [2.75, 3.05) is 13.2 Å². The van der Waals surface area contributed by atoms with Crippen LogP contribution in [-0.4, -0.2) is 30.4 Å². The fraction of sp³-hybridized carbons (Fsp3) is 0.231. The lowest BCUT2D eigenvalue weighted by Gasteiger charge is -2.01. The Morgan fingerprint density at radius 3 is 2.72 bits per heavy atom. The number of nitrogens with zero attached hydrogens (tertiary/aromatic N) is 1. The van der Waals surface area contributed by atoms with Crippen LogP contribution in [0.2, 0.25) is 0 Å². The molecule has 0 aromatic heterocycles. The third-order valence-corrected chi connectivity index (χ3v) is 2.46. The Kier molecular flexibility index (Phi) is 3.62. The van der Waals surface area contributed by atoms with E-state index < -0.39 is 0 Å². The van der Waals surface area contributed by atoms with Gasteiger partial charge in [-0.05, 0) is 31.2 Å². The third-order valence-electron chi connectivity index (χ3n) is 2.46. The SMILES string of the molecule is CCOc1ccc(N=CC2=C(O)CNC2=O)cc1. The number of aliphatic hydroxyl groups is 1. The molecule has 1 aromatic carbocycles. The van der Waals surface area contributed by atoms with E-state index in [1.807, 2.05) is 6.92 Å². The minimum atomic E-state index is -0.304. The highest BCUT2D eigenvalue weighted by atomic mass is 16.5. The van der Waals surface area contributed by atoms with Crippen molar-refractivity contribution >= 4 is 17.8 Å². The number of nitrogens with one attached hydrogen (secondary N) is 1. The average Bonchev–Trinajstić information content (AvgIpc) is 2.69. The first-order valence-corrected chi connectivity index (χ1v) is 5.68. The van der Waals surface area contributed by atoms with Crippen molar-refractivity contribution < 1.29 is 14.6 Å². The Balaban J connectivity index is 2.09. The van der Waals surface area contributed by atoms with Crippen molar-refractivity contribution in [1.82, 2.24) is 5.32 Å². The summed E-state index contributed by atoms with van der Waals surface area (Å²) in [4.78, 5) is 15.4. The van der Waals surface area contributed by atoms with Crippen molar-refractivity contribution in [2.45, 2.75) is 6.92 Å². The normalized spacial score (nSPS) is 15.3. The van der Waals surface area contributed by atoms with E-state index in [2.05, 4.69) is 10.3 Å². The van der Waals surface area contributed by atoms with Crippen molar-refractivity contribution in [3.05, 3.63) is 35.6 Å². The summed E-state index contributed by atoms with van der Waals surface area (Å²) in [6, 6.07) is 7.18. The zero-order chi connectivity index (χ0) is 13.0. The van der Waals surface area contributed by atoms with Gasteiger partial charge in [0.25, 0.3) is 5.91 Å². The first-order chi connectivity index (χ1) is 8.70. The van der Waals surface area contributed by atoms with Crippen LogP contribution in [0.25, 0.3) is 0 Å². The van der Waals surface area contributed by atoms with Gasteiger partial charge >= 0.3 is 0 Å². The number of aliphatic hydroxyl groups excluding tert-OH is 1. The summed E-state index contributed by atoms with van der Waals surface area (Å²) in [6.07, 6.45) is 1.37. The molecule has 0 spiro atoms. The molecule has 0 aliphatic carbocycles. The summed E-state index contributed by atoms with van der Waals surface area (Å²) in [6.45, 7) is 2.70. The van der Waals surface area contributed by atoms with Crippen LogP contribution >= 0.6 is 0 Å². The van der Waals surface area contributed by atoms with E-state index in [9.17, 15) is 9.90 Å². The lowest BCUT2D eigenvalue weighted by molar-refractivity contribution is -0.116. The number of aliphatic imine (C=N–C) groups is 1. The van der Waals surface area contributed by atoms with Crippen LogP contribution in [0.5, 0.6) is 5.75 Å². The summed E-state index contributed by atoms with van der Waals surface area (Å²) < 4.78 is 5.31. The molecular formula is C13H14N2O3. The Morgan fingerprint density at radius 1 is 1.44 bits per heavy atom. The van der Waals surface area contributed by atoms with Crippen molar-refractivity contribution in [3.63, 3.8) is 0 Å². The minimum Gasteiger partial charge on any atom is -0.510 e. The maximum atomic E-state index is 11.3. The van der Waals surface area contributed by atoms with Gasteiger partial charge in [0.05, 0.1) is 24.4 Å². The maximum absolute atomic E-state index is 11.3. The average molecular weight is 246 g/mol. The molecule has 1 aliphatic rings. The van der Waals surface area contributed by atoms with Crippen LogP contribution in [0.1, 0.15) is 6.92 Å². The zero-order valence-corrected chi connectivity index (χ0v) is 10.0. The quantitative estimate of drug-likeness (QED) is 0.795. The number of hydrogen-bond donors (Lipinski definition) is 2. The summed E-state index contributed by atoms with van der Waals surface area (Å²) in [5, 5.41) is 11.9. The summed E-state index contributed by atoms with van der Waals surface area (Å²) in [5.41, 5.74) is 0.905. The highest BCUT2D eigenvalue weighted by Crippen LogP contribution is 2.18. The molecule has 1 aromatic rings. The van der Waals surface area contributed by atoms with Crippen LogP contribution in [0.4, 0.5) is 5.69 Å². The first-order valence-electron chi connectivity index (χ1n) is 5.68. The van der Waals surface area contributed by atoms with E-state index in [1.54, 1.807) is 24.3 Å². The molecular weight excluding hydrogens is 232 g/mol. The van der Waals surface area contributed by atoms with Crippen molar-refractivity contribution in [3.8, 4) is 5.75 Å². The summed E-state index contributed by atoms with van der Waals surface area (Å²) in [7, 11) is 0. The Bertz CT molecular complexity index is 503. The highest BCUT2D eigenvalue weighted by Gasteiger charge is 2.19. The predicted octanol–water partition coefficient (Wildman–Crippen LogP) is 1.73. The second-order valence-corrected chi connectivity index (χ2v) is 3.73. The van der Waals surface area contributed by atoms with Gasteiger partial charge in [-0.1, -0.05) is 0 Å². The number of carbonyl (C=O) groups is 1. The molecule has 5 nitrogen and oxygen atoms in total. The minimum absolute atomic E-state index is 0.0229. The van der Waals surface area contributed by atoms with Gasteiger partial charge in [0.2, 0.25) is 0 Å². The molecule has 1 heterocycles. The number of rotatable bonds is 4. The van der Waals surface area contributed by atoms with Gasteiger partial charge in [0.15, 0.2) is 0 Å². The second kappa shape index (κ2) is 5.35. The molecule has 2 N–H and O–H groups in total. The molecule has 0 saturated carbocycles. The van der Waals surface area contributed by atoms with Crippen LogP contribution in [0, 0.1) is 0 Å². The molecule has 0 unspecified atom stereocenters. The topological polar surface area (TPSA) is 70.9 Å². The molecule has 94 valence electrons. The molecule has 1 aliphatic heterocycles. The Labute approximate surface area is 105 Å². The monoisotopic (exact) mass is 246 g/mol. The molecule has 18 heavy (non-hydrogen) atoms. The molecule has 1 amide bonds. The van der Waals surface area contributed by atoms with Gasteiger partial charge in [0.1, 0.15) is 11.5 Å². The van der Waals surface area contributed by atoms with Crippen LogP contribution in [0.3, 0.4) is 0 Å². The lowest BCUT2D eigenvalue weighted by Crippen LogP contribution is -2.17. The fourth-order valence-electron chi connectivity index (χ4n) is 1.55. The zero-order valence-electron chi connectivity index (χ0n) is 10.0. The van der Waals surface area contributed by atoms with Gasteiger partial charge in [-0.3, -0.25) is 9.79 Å². The van der Waals surface area contributed by atoms with E-state index in [1.165, 1.54) is 6.21 Å². The number of ether oxygens (including phenoxy) is 1. The Hall–Kier alpha value is -2.30. The Morgan fingerprint density at radius 2 is 2.17 bits per heavy atom. The molecule has 0 radical (unpaired) electrons. The van der Waals surface area contributed by atoms with Gasteiger partial charge < -0.3 is 15.2 Å². The number of hydrogen-bond acceptors (Lipinski definition) is 4. The van der Waals surface area contributed by atoms with E-state index >= 15 is 0 Å². The van der Waals surface area contributed by atoms with Gasteiger partial charge in [-0.25, -0.2) is 0 Å². The first kappa shape index (κ1) is 12.2. The van der Waals surface area contributed by atoms with Gasteiger partial charge in [-0.15, -0.1) is 0 Å². The predicted molar refractivity (Wildman–Crippen MR) is 68.4 cm³/mol. The smallest absolute Gasteiger partial charge is 0.256 e. The molecule has 2 rings (SSSR count). The molecule has 0 fully saturated rings. The van der Waals surface area contributed by atoms with Crippen LogP contribution < -0.4 is 10.1 Å². The summed E-state index contributed by atoms with van der Waals surface area (Å²) >= 11 is 0. The van der Waals surface area contributed by atoms with E-state index in [0.717, 1.165) is 5.75 Å². The maximum Gasteiger partial charge on any atom is 0.256 e. The third kappa shape index (κ3) is 2.68. The number of benzene rings is 1. The number of amides is 1. The van der Waals surface area contributed by atoms with E-state index in [-0.39, 0.29) is 23.8 Å². The largest absolute Gasteiger partial charge is 0.510 e. The summed E-state index contributed by atoms with van der Waals surface area (Å²) in [5.74, 6) is 0.494. The van der Waals surface area contributed by atoms with Crippen molar-refractivity contribution in [1.29, 1.82) is 0 Å².